The third-order valence-corrected chi connectivity index (χ3v) is 8.24. The summed E-state index contributed by atoms with van der Waals surface area (Å²) < 4.78 is 27.2. The molecule has 0 radical (unpaired) electrons. The van der Waals surface area contributed by atoms with Crippen LogP contribution in [0.2, 0.25) is 0 Å². The Morgan fingerprint density at radius 2 is 1.81 bits per heavy atom. The number of rotatable bonds is 8. The van der Waals surface area contributed by atoms with Crippen LogP contribution in [-0.2, 0) is 26.0 Å². The lowest BCUT2D eigenvalue weighted by Gasteiger charge is -2.27. The van der Waals surface area contributed by atoms with E-state index in [-0.39, 0.29) is 16.7 Å². The van der Waals surface area contributed by atoms with E-state index in [4.69, 9.17) is 0 Å². The van der Waals surface area contributed by atoms with E-state index in [2.05, 4.69) is 10.2 Å². The Kier molecular flexibility index (Phi) is 7.72. The molecule has 0 aliphatic carbocycles. The lowest BCUT2D eigenvalue weighted by atomic mass is 10.1. The monoisotopic (exact) mass is 450 g/mol. The van der Waals surface area contributed by atoms with Crippen LogP contribution in [0.25, 0.3) is 0 Å². The Morgan fingerprint density at radius 1 is 1.13 bits per heavy atom. The van der Waals surface area contributed by atoms with Crippen molar-refractivity contribution in [3.05, 3.63) is 23.8 Å². The van der Waals surface area contributed by atoms with Gasteiger partial charge in [-0.15, -0.1) is 0 Å². The van der Waals surface area contributed by atoms with Crippen LogP contribution in [0.3, 0.4) is 0 Å². The maximum atomic E-state index is 12.9. The highest BCUT2D eigenvalue weighted by atomic mass is 32.2. The number of benzene rings is 1. The normalized spacial score (nSPS) is 19.5. The summed E-state index contributed by atoms with van der Waals surface area (Å²) in [7, 11) is -3.60. The first kappa shape index (κ1) is 23.7. The summed E-state index contributed by atoms with van der Waals surface area (Å²) in [5.41, 5.74) is 1.32. The minimum absolute atomic E-state index is 0.198. The number of hydrogen-bond acceptors (Lipinski definition) is 5. The number of anilines is 1. The van der Waals surface area contributed by atoms with Crippen LogP contribution in [0.4, 0.5) is 5.69 Å². The molecule has 1 atom stereocenters. The molecule has 2 aliphatic rings. The molecule has 1 aromatic rings. The molecule has 0 bridgehead atoms. The quantitative estimate of drug-likeness (QED) is 0.650. The number of nitrogens with one attached hydrogen (secondary N) is 1. The number of nitrogens with zero attached hydrogens (tertiary/aromatic N) is 3. The molecule has 1 aromatic carbocycles. The maximum absolute atomic E-state index is 12.9. The smallest absolute Gasteiger partial charge is 0.243 e. The predicted molar refractivity (Wildman–Crippen MR) is 121 cm³/mol. The molecule has 0 saturated carbocycles. The van der Waals surface area contributed by atoms with Gasteiger partial charge in [0.25, 0.3) is 0 Å². The van der Waals surface area contributed by atoms with Gasteiger partial charge in [0.1, 0.15) is 6.04 Å². The molecular formula is C22H34N4O4S. The summed E-state index contributed by atoms with van der Waals surface area (Å²) in [5.74, 6) is -0.425. The lowest BCUT2D eigenvalue weighted by Crippen LogP contribution is -2.49. The van der Waals surface area contributed by atoms with Gasteiger partial charge in [-0.05, 0) is 49.7 Å². The molecule has 1 saturated heterocycles. The fourth-order valence-corrected chi connectivity index (χ4v) is 6.05. The predicted octanol–water partition coefficient (Wildman–Crippen LogP) is 1.60. The Hall–Kier alpha value is -1.97. The van der Waals surface area contributed by atoms with Gasteiger partial charge < -0.3 is 10.2 Å². The van der Waals surface area contributed by atoms with E-state index in [9.17, 15) is 18.0 Å². The SMILES string of the molecule is CCN(CC)S(=O)(=O)c1ccc2c(c1)C[C@@H](C(=O)NCCN1CCCCC1)N2C(C)=O. The van der Waals surface area contributed by atoms with E-state index in [1.807, 2.05) is 0 Å². The number of amides is 2. The molecule has 0 aromatic heterocycles. The van der Waals surface area contributed by atoms with Gasteiger partial charge in [0, 0.05) is 45.2 Å². The Balaban J connectivity index is 1.73. The van der Waals surface area contributed by atoms with Crippen molar-refractivity contribution in [1.29, 1.82) is 0 Å². The zero-order valence-electron chi connectivity index (χ0n) is 18.8. The van der Waals surface area contributed by atoms with Gasteiger partial charge in [0.05, 0.1) is 4.90 Å². The van der Waals surface area contributed by atoms with E-state index < -0.39 is 16.1 Å². The van der Waals surface area contributed by atoms with E-state index >= 15 is 0 Å². The third-order valence-electron chi connectivity index (χ3n) is 6.20. The van der Waals surface area contributed by atoms with Crippen molar-refractivity contribution in [1.82, 2.24) is 14.5 Å². The van der Waals surface area contributed by atoms with Crippen LogP contribution in [0.15, 0.2) is 23.1 Å². The van der Waals surface area contributed by atoms with Crippen LogP contribution >= 0.6 is 0 Å². The maximum Gasteiger partial charge on any atom is 0.243 e. The van der Waals surface area contributed by atoms with E-state index in [1.165, 1.54) is 41.5 Å². The molecule has 1 N–H and O–H groups in total. The summed E-state index contributed by atoms with van der Waals surface area (Å²) in [5, 5.41) is 2.97. The number of sulfonamides is 1. The fraction of sp³-hybridized carbons (Fsp3) is 0.636. The number of carbonyl (C=O) groups excluding carboxylic acids is 2. The minimum Gasteiger partial charge on any atom is -0.353 e. The Bertz CT molecular complexity index is 908. The Morgan fingerprint density at radius 3 is 2.42 bits per heavy atom. The second-order valence-electron chi connectivity index (χ2n) is 8.18. The van der Waals surface area contributed by atoms with E-state index in [0.717, 1.165) is 19.6 Å². The van der Waals surface area contributed by atoms with E-state index in [0.29, 0.717) is 37.3 Å². The molecular weight excluding hydrogens is 416 g/mol. The highest BCUT2D eigenvalue weighted by molar-refractivity contribution is 7.89. The van der Waals surface area contributed by atoms with Crippen molar-refractivity contribution in [3.63, 3.8) is 0 Å². The third kappa shape index (κ3) is 5.10. The topological polar surface area (TPSA) is 90.0 Å². The van der Waals surface area contributed by atoms with Gasteiger partial charge >= 0.3 is 0 Å². The molecule has 0 unspecified atom stereocenters. The molecule has 9 heteroatoms. The Labute approximate surface area is 185 Å². The second kappa shape index (κ2) is 10.1. The van der Waals surface area contributed by atoms with Gasteiger partial charge in [0.15, 0.2) is 0 Å². The van der Waals surface area contributed by atoms with Crippen molar-refractivity contribution in [2.75, 3.05) is 44.2 Å². The molecule has 31 heavy (non-hydrogen) atoms. The van der Waals surface area contributed by atoms with Gasteiger partial charge in [-0.1, -0.05) is 20.3 Å². The average Bonchev–Trinajstić information content (AvgIpc) is 3.14. The molecule has 8 nitrogen and oxygen atoms in total. The van der Waals surface area contributed by atoms with Crippen LogP contribution in [0.1, 0.15) is 45.6 Å². The van der Waals surface area contributed by atoms with E-state index in [1.54, 1.807) is 26.0 Å². The number of hydrogen-bond donors (Lipinski definition) is 1. The van der Waals surface area contributed by atoms with Gasteiger partial charge in [0.2, 0.25) is 21.8 Å². The molecule has 2 aliphatic heterocycles. The van der Waals surface area contributed by atoms with Crippen molar-refractivity contribution in [2.45, 2.75) is 57.4 Å². The first-order valence-electron chi connectivity index (χ1n) is 11.2. The highest BCUT2D eigenvalue weighted by Crippen LogP contribution is 2.34. The largest absolute Gasteiger partial charge is 0.353 e. The summed E-state index contributed by atoms with van der Waals surface area (Å²) in [4.78, 5) is 29.3. The van der Waals surface area contributed by atoms with Crippen LogP contribution in [-0.4, -0.2) is 74.7 Å². The summed E-state index contributed by atoms with van der Waals surface area (Å²) >= 11 is 0. The summed E-state index contributed by atoms with van der Waals surface area (Å²) in [6, 6.07) is 4.13. The number of carbonyl (C=O) groups is 2. The molecule has 1 fully saturated rings. The van der Waals surface area contributed by atoms with Gasteiger partial charge in [-0.3, -0.25) is 14.5 Å². The van der Waals surface area contributed by atoms with Crippen molar-refractivity contribution in [3.8, 4) is 0 Å². The summed E-state index contributed by atoms with van der Waals surface area (Å²) in [6.45, 7) is 9.28. The van der Waals surface area contributed by atoms with Crippen molar-refractivity contribution >= 4 is 27.5 Å². The second-order valence-corrected chi connectivity index (χ2v) is 10.1. The van der Waals surface area contributed by atoms with Crippen molar-refractivity contribution in [2.24, 2.45) is 0 Å². The first-order valence-corrected chi connectivity index (χ1v) is 12.7. The minimum atomic E-state index is -3.60. The number of likely N-dealkylation sites (tertiary alicyclic amines) is 1. The molecule has 0 spiro atoms. The van der Waals surface area contributed by atoms with Crippen LogP contribution < -0.4 is 10.2 Å². The standard InChI is InChI=1S/C22H34N4O4S/c1-4-25(5-2)31(29,30)19-9-10-20-18(15-19)16-21(26(20)17(3)27)22(28)23-11-14-24-12-7-6-8-13-24/h9-10,15,21H,4-8,11-14,16H2,1-3H3,(H,23,28)/t21-/m0/s1. The summed E-state index contributed by atoms with van der Waals surface area (Å²) in [6.07, 6.45) is 3.97. The van der Waals surface area contributed by atoms with Crippen LogP contribution in [0.5, 0.6) is 0 Å². The average molecular weight is 451 g/mol. The number of fused-ring (bicyclic) bond motifs is 1. The number of piperidine rings is 1. The zero-order valence-corrected chi connectivity index (χ0v) is 19.6. The fourth-order valence-electron chi connectivity index (χ4n) is 4.54. The zero-order chi connectivity index (χ0) is 22.6. The first-order chi connectivity index (χ1) is 14.8. The molecule has 3 rings (SSSR count). The van der Waals surface area contributed by atoms with Crippen LogP contribution in [0, 0.1) is 0 Å². The highest BCUT2D eigenvalue weighted by Gasteiger charge is 2.38. The van der Waals surface area contributed by atoms with Crippen molar-refractivity contribution < 1.29 is 18.0 Å². The molecule has 2 heterocycles. The lowest BCUT2D eigenvalue weighted by molar-refractivity contribution is -0.125. The van der Waals surface area contributed by atoms with Gasteiger partial charge in [-0.25, -0.2) is 8.42 Å². The molecule has 2 amide bonds. The molecule has 172 valence electrons. The van der Waals surface area contributed by atoms with Gasteiger partial charge in [-0.2, -0.15) is 4.31 Å².